The second kappa shape index (κ2) is 3.95. The topological polar surface area (TPSA) is 30.5 Å². The molecule has 0 aromatic carbocycles. The van der Waals surface area contributed by atoms with Crippen LogP contribution in [-0.4, -0.2) is 32.6 Å². The number of hydrogen-bond acceptors (Lipinski definition) is 3. The van der Waals surface area contributed by atoms with E-state index in [0.717, 1.165) is 45.6 Å². The maximum atomic E-state index is 5.75. The molecule has 1 atom stereocenters. The van der Waals surface area contributed by atoms with Crippen molar-refractivity contribution in [3.05, 3.63) is 0 Å². The molecule has 0 amide bonds. The molecule has 3 nitrogen and oxygen atoms in total. The van der Waals surface area contributed by atoms with E-state index in [9.17, 15) is 0 Å². The Hall–Kier alpha value is -0.120. The molecular weight excluding hydrogens is 166 g/mol. The van der Waals surface area contributed by atoms with E-state index in [2.05, 4.69) is 12.2 Å². The molecule has 0 radical (unpaired) electrons. The van der Waals surface area contributed by atoms with Crippen LogP contribution in [0.5, 0.6) is 0 Å². The Bertz CT molecular complexity index is 156. The fraction of sp³-hybridized carbons (Fsp3) is 1.00. The van der Waals surface area contributed by atoms with E-state index < -0.39 is 0 Å². The third-order valence-corrected chi connectivity index (χ3v) is 3.22. The first-order chi connectivity index (χ1) is 6.35. The molecule has 2 rings (SSSR count). The first kappa shape index (κ1) is 9.44. The minimum Gasteiger partial charge on any atom is -0.381 e. The largest absolute Gasteiger partial charge is 0.381 e. The van der Waals surface area contributed by atoms with Crippen LogP contribution in [0.25, 0.3) is 0 Å². The third kappa shape index (κ3) is 2.03. The average molecular weight is 185 g/mol. The van der Waals surface area contributed by atoms with Gasteiger partial charge in [0.15, 0.2) is 0 Å². The fourth-order valence-electron chi connectivity index (χ4n) is 2.11. The summed E-state index contributed by atoms with van der Waals surface area (Å²) < 4.78 is 11.1. The van der Waals surface area contributed by atoms with E-state index >= 15 is 0 Å². The van der Waals surface area contributed by atoms with E-state index in [1.54, 1.807) is 0 Å². The molecule has 2 fully saturated rings. The lowest BCUT2D eigenvalue weighted by Gasteiger charge is -2.42. The van der Waals surface area contributed by atoms with E-state index in [4.69, 9.17) is 9.47 Å². The molecule has 2 aliphatic heterocycles. The molecule has 3 heteroatoms. The van der Waals surface area contributed by atoms with E-state index in [1.807, 2.05) is 0 Å². The molecule has 0 aromatic heterocycles. The van der Waals surface area contributed by atoms with Crippen molar-refractivity contribution in [1.29, 1.82) is 0 Å². The second-order valence-corrected chi connectivity index (χ2v) is 4.20. The van der Waals surface area contributed by atoms with E-state index in [0.29, 0.717) is 5.41 Å². The van der Waals surface area contributed by atoms with Gasteiger partial charge in [0.1, 0.15) is 6.23 Å². The van der Waals surface area contributed by atoms with Crippen molar-refractivity contribution >= 4 is 0 Å². The predicted octanol–water partition coefficient (Wildman–Crippen LogP) is 1.14. The van der Waals surface area contributed by atoms with Crippen molar-refractivity contribution in [3.8, 4) is 0 Å². The highest BCUT2D eigenvalue weighted by molar-refractivity contribution is 4.87. The van der Waals surface area contributed by atoms with Crippen LogP contribution in [0.1, 0.15) is 26.2 Å². The number of ether oxygens (including phenoxy) is 2. The molecular formula is C10H19NO2. The summed E-state index contributed by atoms with van der Waals surface area (Å²) in [5.74, 6) is 0. The van der Waals surface area contributed by atoms with Crippen LogP contribution in [0.15, 0.2) is 0 Å². The van der Waals surface area contributed by atoms with Gasteiger partial charge in [0.2, 0.25) is 0 Å². The van der Waals surface area contributed by atoms with E-state index in [-0.39, 0.29) is 6.23 Å². The molecule has 2 aliphatic rings. The Balaban J connectivity index is 1.87. The van der Waals surface area contributed by atoms with Crippen LogP contribution in [0.2, 0.25) is 0 Å². The van der Waals surface area contributed by atoms with Gasteiger partial charge in [-0.25, -0.2) is 0 Å². The maximum absolute atomic E-state index is 5.75. The lowest BCUT2D eigenvalue weighted by Crippen LogP contribution is -2.52. The summed E-state index contributed by atoms with van der Waals surface area (Å²) in [7, 11) is 0. The normalized spacial score (nSPS) is 33.5. The Labute approximate surface area is 79.8 Å². The van der Waals surface area contributed by atoms with Gasteiger partial charge < -0.3 is 9.47 Å². The SMILES string of the molecule is CCC1NCC2(CCOCC2)CO1. The van der Waals surface area contributed by atoms with Gasteiger partial charge >= 0.3 is 0 Å². The molecule has 2 heterocycles. The zero-order chi connectivity index (χ0) is 9.15. The van der Waals surface area contributed by atoms with Crippen LogP contribution >= 0.6 is 0 Å². The van der Waals surface area contributed by atoms with Gasteiger partial charge in [0, 0.05) is 25.2 Å². The summed E-state index contributed by atoms with van der Waals surface area (Å²) >= 11 is 0. The average Bonchev–Trinajstić information content (AvgIpc) is 2.20. The minimum atomic E-state index is 0.286. The molecule has 13 heavy (non-hydrogen) atoms. The van der Waals surface area contributed by atoms with Crippen LogP contribution in [0, 0.1) is 5.41 Å². The summed E-state index contributed by atoms with van der Waals surface area (Å²) in [5.41, 5.74) is 0.379. The van der Waals surface area contributed by atoms with Crippen LogP contribution in [-0.2, 0) is 9.47 Å². The summed E-state index contributed by atoms with van der Waals surface area (Å²) in [4.78, 5) is 0. The maximum Gasteiger partial charge on any atom is 0.107 e. The van der Waals surface area contributed by atoms with Crippen LogP contribution in [0.3, 0.4) is 0 Å². The van der Waals surface area contributed by atoms with Gasteiger partial charge in [-0.05, 0) is 19.3 Å². The van der Waals surface area contributed by atoms with Crippen molar-refractivity contribution in [2.24, 2.45) is 5.41 Å². The Kier molecular flexibility index (Phi) is 2.86. The van der Waals surface area contributed by atoms with Crippen molar-refractivity contribution in [2.45, 2.75) is 32.4 Å². The summed E-state index contributed by atoms with van der Waals surface area (Å²) in [6, 6.07) is 0. The predicted molar refractivity (Wildman–Crippen MR) is 50.5 cm³/mol. The van der Waals surface area contributed by atoms with Gasteiger partial charge in [-0.15, -0.1) is 0 Å². The molecule has 1 spiro atoms. The summed E-state index contributed by atoms with van der Waals surface area (Å²) in [5, 5.41) is 3.45. The first-order valence-electron chi connectivity index (χ1n) is 5.27. The van der Waals surface area contributed by atoms with Crippen molar-refractivity contribution in [3.63, 3.8) is 0 Å². The van der Waals surface area contributed by atoms with E-state index in [1.165, 1.54) is 0 Å². The van der Waals surface area contributed by atoms with Crippen LogP contribution in [0.4, 0.5) is 0 Å². The van der Waals surface area contributed by atoms with Crippen LogP contribution < -0.4 is 5.32 Å². The van der Waals surface area contributed by atoms with Gasteiger partial charge in [0.25, 0.3) is 0 Å². The number of rotatable bonds is 1. The monoisotopic (exact) mass is 185 g/mol. The minimum absolute atomic E-state index is 0.286. The van der Waals surface area contributed by atoms with Gasteiger partial charge in [-0.1, -0.05) is 6.92 Å². The number of nitrogens with one attached hydrogen (secondary N) is 1. The summed E-state index contributed by atoms with van der Waals surface area (Å²) in [6.45, 7) is 5.99. The van der Waals surface area contributed by atoms with Crippen molar-refractivity contribution in [1.82, 2.24) is 5.32 Å². The molecule has 1 unspecified atom stereocenters. The van der Waals surface area contributed by atoms with Crippen molar-refractivity contribution < 1.29 is 9.47 Å². The lowest BCUT2D eigenvalue weighted by atomic mass is 9.80. The number of hydrogen-bond donors (Lipinski definition) is 1. The molecule has 0 aromatic rings. The zero-order valence-corrected chi connectivity index (χ0v) is 8.34. The molecule has 0 aliphatic carbocycles. The molecule has 1 N–H and O–H groups in total. The third-order valence-electron chi connectivity index (χ3n) is 3.22. The Morgan fingerprint density at radius 3 is 2.69 bits per heavy atom. The van der Waals surface area contributed by atoms with Gasteiger partial charge in [-0.3, -0.25) is 5.32 Å². The second-order valence-electron chi connectivity index (χ2n) is 4.20. The fourth-order valence-corrected chi connectivity index (χ4v) is 2.11. The van der Waals surface area contributed by atoms with Gasteiger partial charge in [0.05, 0.1) is 6.61 Å². The zero-order valence-electron chi connectivity index (χ0n) is 8.34. The highest BCUT2D eigenvalue weighted by Gasteiger charge is 2.36. The quantitative estimate of drug-likeness (QED) is 0.664. The first-order valence-corrected chi connectivity index (χ1v) is 5.27. The molecule has 76 valence electrons. The molecule has 0 saturated carbocycles. The Morgan fingerprint density at radius 1 is 1.38 bits per heavy atom. The smallest absolute Gasteiger partial charge is 0.107 e. The highest BCUT2D eigenvalue weighted by Crippen LogP contribution is 2.32. The summed E-state index contributed by atoms with van der Waals surface area (Å²) in [6.07, 6.45) is 3.65. The Morgan fingerprint density at radius 2 is 2.15 bits per heavy atom. The van der Waals surface area contributed by atoms with Gasteiger partial charge in [-0.2, -0.15) is 0 Å². The lowest BCUT2D eigenvalue weighted by molar-refractivity contribution is -0.109. The highest BCUT2D eigenvalue weighted by atomic mass is 16.5. The molecule has 2 saturated heterocycles. The molecule has 0 bridgehead atoms. The standard InChI is InChI=1S/C10H19NO2/c1-2-9-11-7-10(8-13-9)3-5-12-6-4-10/h9,11H,2-8H2,1H3. The van der Waals surface area contributed by atoms with Crippen molar-refractivity contribution in [2.75, 3.05) is 26.4 Å².